The van der Waals surface area contributed by atoms with Crippen molar-refractivity contribution >= 4 is 28.6 Å². The molecule has 0 aliphatic heterocycles. The molecule has 0 spiro atoms. The molecule has 1 amide bonds. The number of carbonyl (C=O) groups excluding carboxylic acids is 1. The topological polar surface area (TPSA) is 94.9 Å². The van der Waals surface area contributed by atoms with E-state index >= 15 is 0 Å². The lowest BCUT2D eigenvalue weighted by Gasteiger charge is -1.88. The van der Waals surface area contributed by atoms with E-state index in [4.69, 9.17) is 10.2 Å². The first-order valence-electron chi connectivity index (χ1n) is 5.27. The summed E-state index contributed by atoms with van der Waals surface area (Å²) in [7, 11) is 0. The van der Waals surface area contributed by atoms with E-state index in [0.717, 1.165) is 0 Å². The highest BCUT2D eigenvalue weighted by atomic mass is 32.1. The first-order chi connectivity index (χ1) is 9.15. The summed E-state index contributed by atoms with van der Waals surface area (Å²) in [4.78, 5) is 23.7. The predicted octanol–water partition coefficient (Wildman–Crippen LogP) is 2.33. The van der Waals surface area contributed by atoms with E-state index in [-0.39, 0.29) is 5.69 Å². The van der Waals surface area contributed by atoms with Crippen molar-refractivity contribution in [2.45, 2.75) is 6.92 Å². The zero-order chi connectivity index (χ0) is 13.4. The second-order valence-electron chi connectivity index (χ2n) is 3.70. The van der Waals surface area contributed by atoms with Crippen LogP contribution in [-0.2, 0) is 0 Å². The van der Waals surface area contributed by atoms with Gasteiger partial charge in [0.15, 0.2) is 0 Å². The standard InChI is InChI=1S/C11H8N4O2S2/c1-5-8(11-14-6(3-19-11)9(12)16)15-10(17-5)7-2-18-4-13-7/h2-4H,1H3,(H2,12,16). The molecule has 3 aromatic heterocycles. The molecule has 8 heteroatoms. The van der Waals surface area contributed by atoms with E-state index < -0.39 is 5.91 Å². The first kappa shape index (κ1) is 12.0. The second kappa shape index (κ2) is 4.56. The largest absolute Gasteiger partial charge is 0.439 e. The van der Waals surface area contributed by atoms with Crippen LogP contribution in [0.4, 0.5) is 0 Å². The predicted molar refractivity (Wildman–Crippen MR) is 72.0 cm³/mol. The fourth-order valence-corrected chi connectivity index (χ4v) is 2.89. The third kappa shape index (κ3) is 2.15. The minimum absolute atomic E-state index is 0.234. The smallest absolute Gasteiger partial charge is 0.268 e. The summed E-state index contributed by atoms with van der Waals surface area (Å²) < 4.78 is 5.57. The Morgan fingerprint density at radius 2 is 2.21 bits per heavy atom. The second-order valence-corrected chi connectivity index (χ2v) is 5.28. The van der Waals surface area contributed by atoms with E-state index in [1.807, 2.05) is 5.38 Å². The minimum Gasteiger partial charge on any atom is -0.439 e. The summed E-state index contributed by atoms with van der Waals surface area (Å²) in [6, 6.07) is 0. The molecule has 0 saturated heterocycles. The van der Waals surface area contributed by atoms with E-state index in [1.54, 1.807) is 17.8 Å². The Labute approximate surface area is 116 Å². The van der Waals surface area contributed by atoms with Crippen molar-refractivity contribution in [3.8, 4) is 22.3 Å². The van der Waals surface area contributed by atoms with Crippen LogP contribution in [0.25, 0.3) is 22.3 Å². The first-order valence-corrected chi connectivity index (χ1v) is 7.09. The van der Waals surface area contributed by atoms with E-state index in [9.17, 15) is 4.79 Å². The Hall–Kier alpha value is -2.06. The number of aromatic nitrogens is 3. The van der Waals surface area contributed by atoms with Gasteiger partial charge in [0.2, 0.25) is 5.89 Å². The lowest BCUT2D eigenvalue weighted by Crippen LogP contribution is -2.10. The molecule has 3 heterocycles. The fourth-order valence-electron chi connectivity index (χ4n) is 1.52. The zero-order valence-corrected chi connectivity index (χ0v) is 11.4. The van der Waals surface area contributed by atoms with Gasteiger partial charge in [-0.1, -0.05) is 0 Å². The minimum atomic E-state index is -0.552. The average molecular weight is 292 g/mol. The molecule has 96 valence electrons. The summed E-state index contributed by atoms with van der Waals surface area (Å²) in [5.74, 6) is 0.529. The van der Waals surface area contributed by atoms with Gasteiger partial charge in [0.05, 0.1) is 5.51 Å². The molecular weight excluding hydrogens is 284 g/mol. The van der Waals surface area contributed by atoms with Crippen molar-refractivity contribution in [3.05, 3.63) is 27.7 Å². The van der Waals surface area contributed by atoms with Crippen molar-refractivity contribution in [1.29, 1.82) is 0 Å². The van der Waals surface area contributed by atoms with Gasteiger partial charge < -0.3 is 10.2 Å². The maximum absolute atomic E-state index is 11.0. The van der Waals surface area contributed by atoms with Crippen molar-refractivity contribution in [1.82, 2.24) is 15.0 Å². The van der Waals surface area contributed by atoms with Crippen LogP contribution >= 0.6 is 22.7 Å². The molecule has 0 saturated carbocycles. The SMILES string of the molecule is Cc1oc(-c2cscn2)nc1-c1nc(C(N)=O)cs1. The van der Waals surface area contributed by atoms with E-state index in [2.05, 4.69) is 15.0 Å². The van der Waals surface area contributed by atoms with Crippen molar-refractivity contribution < 1.29 is 9.21 Å². The number of nitrogens with two attached hydrogens (primary N) is 1. The molecule has 0 atom stereocenters. The van der Waals surface area contributed by atoms with Crippen molar-refractivity contribution in [3.63, 3.8) is 0 Å². The monoisotopic (exact) mass is 292 g/mol. The Morgan fingerprint density at radius 1 is 1.37 bits per heavy atom. The fraction of sp³-hybridized carbons (Fsp3) is 0.0909. The number of primary amides is 1. The Kier molecular flexibility index (Phi) is 2.88. The third-order valence-corrected chi connectivity index (χ3v) is 3.84. The molecule has 2 N–H and O–H groups in total. The van der Waals surface area contributed by atoms with Crippen molar-refractivity contribution in [2.24, 2.45) is 5.73 Å². The maximum atomic E-state index is 11.0. The van der Waals surface area contributed by atoms with Crippen LogP contribution in [0.5, 0.6) is 0 Å². The average Bonchev–Trinajstić information content (AvgIpc) is 3.08. The van der Waals surface area contributed by atoms with Gasteiger partial charge in [0, 0.05) is 10.8 Å². The molecule has 0 aliphatic carbocycles. The molecule has 19 heavy (non-hydrogen) atoms. The summed E-state index contributed by atoms with van der Waals surface area (Å²) in [6.45, 7) is 1.80. The van der Waals surface area contributed by atoms with Crippen LogP contribution < -0.4 is 5.73 Å². The Balaban J connectivity index is 2.03. The van der Waals surface area contributed by atoms with Crippen molar-refractivity contribution in [2.75, 3.05) is 0 Å². The van der Waals surface area contributed by atoms with Gasteiger partial charge in [0.1, 0.15) is 27.8 Å². The molecule has 0 radical (unpaired) electrons. The third-order valence-electron chi connectivity index (χ3n) is 2.41. The van der Waals surface area contributed by atoms with Crippen LogP contribution in [0.15, 0.2) is 20.7 Å². The molecule has 0 fully saturated rings. The summed E-state index contributed by atoms with van der Waals surface area (Å²) in [5, 5.41) is 4.07. The van der Waals surface area contributed by atoms with Gasteiger partial charge >= 0.3 is 0 Å². The molecule has 3 aromatic rings. The van der Waals surface area contributed by atoms with Crippen LogP contribution in [0, 0.1) is 6.92 Å². The van der Waals surface area contributed by atoms with Gasteiger partial charge in [0.25, 0.3) is 5.91 Å². The zero-order valence-electron chi connectivity index (χ0n) is 9.78. The van der Waals surface area contributed by atoms with Crippen LogP contribution in [0.2, 0.25) is 0 Å². The van der Waals surface area contributed by atoms with E-state index in [0.29, 0.717) is 28.0 Å². The molecular formula is C11H8N4O2S2. The number of oxazole rings is 1. The molecule has 0 aliphatic rings. The summed E-state index contributed by atoms with van der Waals surface area (Å²) >= 11 is 2.77. The van der Waals surface area contributed by atoms with Crippen LogP contribution in [0.3, 0.4) is 0 Å². The lowest BCUT2D eigenvalue weighted by molar-refractivity contribution is 0.0996. The van der Waals surface area contributed by atoms with Gasteiger partial charge in [-0.15, -0.1) is 22.7 Å². The molecule has 0 aromatic carbocycles. The lowest BCUT2D eigenvalue weighted by atomic mass is 10.4. The van der Waals surface area contributed by atoms with Crippen LogP contribution in [-0.4, -0.2) is 20.9 Å². The Bertz CT molecular complexity index is 730. The number of aryl methyl sites for hydroxylation is 1. The number of nitrogens with zero attached hydrogens (tertiary/aromatic N) is 3. The highest BCUT2D eigenvalue weighted by Crippen LogP contribution is 2.30. The maximum Gasteiger partial charge on any atom is 0.268 e. The summed E-state index contributed by atoms with van der Waals surface area (Å²) in [6.07, 6.45) is 0. The molecule has 0 bridgehead atoms. The normalized spacial score (nSPS) is 10.8. The van der Waals surface area contributed by atoms with Gasteiger partial charge in [-0.2, -0.15) is 0 Å². The van der Waals surface area contributed by atoms with Gasteiger partial charge in [-0.25, -0.2) is 15.0 Å². The number of thiazole rings is 2. The molecule has 3 rings (SSSR count). The molecule has 6 nitrogen and oxygen atoms in total. The highest BCUT2D eigenvalue weighted by Gasteiger charge is 2.18. The number of hydrogen-bond acceptors (Lipinski definition) is 7. The molecule has 0 unspecified atom stereocenters. The number of rotatable bonds is 3. The number of amides is 1. The Morgan fingerprint density at radius 3 is 2.84 bits per heavy atom. The number of hydrogen-bond donors (Lipinski definition) is 1. The van der Waals surface area contributed by atoms with Crippen LogP contribution in [0.1, 0.15) is 16.2 Å². The van der Waals surface area contributed by atoms with Gasteiger partial charge in [-0.05, 0) is 6.92 Å². The number of carbonyl (C=O) groups is 1. The van der Waals surface area contributed by atoms with E-state index in [1.165, 1.54) is 22.7 Å². The highest BCUT2D eigenvalue weighted by molar-refractivity contribution is 7.13. The summed E-state index contributed by atoms with van der Waals surface area (Å²) in [5.41, 5.74) is 8.42. The quantitative estimate of drug-likeness (QED) is 0.799. The van der Waals surface area contributed by atoms with Gasteiger partial charge in [-0.3, -0.25) is 4.79 Å².